The molecule has 21 heavy (non-hydrogen) atoms. The quantitative estimate of drug-likeness (QED) is 0.754. The Kier molecular flexibility index (Phi) is 4.33. The highest BCUT2D eigenvalue weighted by Gasteiger charge is 2.12. The topological polar surface area (TPSA) is 77.9 Å². The van der Waals surface area contributed by atoms with Gasteiger partial charge in [-0.05, 0) is 32.0 Å². The first-order valence-electron chi connectivity index (χ1n) is 6.62. The normalized spacial score (nSPS) is 10.0. The molecule has 1 aromatic carbocycles. The van der Waals surface area contributed by atoms with E-state index in [4.69, 9.17) is 5.41 Å². The fourth-order valence-corrected chi connectivity index (χ4v) is 1.91. The number of hydrogen-bond acceptors (Lipinski definition) is 4. The third-order valence-electron chi connectivity index (χ3n) is 3.10. The van der Waals surface area contributed by atoms with Crippen LogP contribution in [0.1, 0.15) is 28.4 Å². The van der Waals surface area contributed by atoms with Crippen LogP contribution >= 0.6 is 0 Å². The second-order valence-electron chi connectivity index (χ2n) is 4.82. The van der Waals surface area contributed by atoms with Crippen LogP contribution in [-0.2, 0) is 0 Å². The Labute approximate surface area is 123 Å². The average molecular weight is 282 g/mol. The number of hydrogen-bond donors (Lipinski definition) is 3. The molecule has 1 amide bonds. The molecule has 2 aromatic rings. The highest BCUT2D eigenvalue weighted by atomic mass is 16.1. The molecule has 5 nitrogen and oxygen atoms in total. The van der Waals surface area contributed by atoms with Crippen molar-refractivity contribution in [3.05, 3.63) is 53.2 Å². The van der Waals surface area contributed by atoms with Crippen molar-refractivity contribution in [1.29, 1.82) is 5.41 Å². The van der Waals surface area contributed by atoms with E-state index in [2.05, 4.69) is 15.6 Å². The van der Waals surface area contributed by atoms with E-state index in [1.165, 1.54) is 6.20 Å². The molecule has 0 bridgehead atoms. The summed E-state index contributed by atoms with van der Waals surface area (Å²) in [6, 6.07) is 9.25. The molecular formula is C16H18N4O. The van der Waals surface area contributed by atoms with E-state index in [9.17, 15) is 4.79 Å². The van der Waals surface area contributed by atoms with Gasteiger partial charge in [-0.15, -0.1) is 0 Å². The molecule has 0 saturated heterocycles. The van der Waals surface area contributed by atoms with Gasteiger partial charge in [0.25, 0.3) is 5.91 Å². The molecule has 1 aromatic heterocycles. The van der Waals surface area contributed by atoms with Gasteiger partial charge in [0.1, 0.15) is 5.82 Å². The zero-order valence-corrected chi connectivity index (χ0v) is 12.3. The number of aryl methyl sites for hydroxylation is 1. The highest BCUT2D eigenvalue weighted by molar-refractivity contribution is 6.07. The maximum absolute atomic E-state index is 12.2. The van der Waals surface area contributed by atoms with Crippen LogP contribution in [0.25, 0.3) is 0 Å². The highest BCUT2D eigenvalue weighted by Crippen LogP contribution is 2.16. The first-order chi connectivity index (χ1) is 10.0. The van der Waals surface area contributed by atoms with Crippen LogP contribution in [0.2, 0.25) is 0 Å². The molecule has 0 aliphatic heterocycles. The molecule has 0 spiro atoms. The van der Waals surface area contributed by atoms with Crippen molar-refractivity contribution in [1.82, 2.24) is 4.98 Å². The van der Waals surface area contributed by atoms with Gasteiger partial charge in [-0.2, -0.15) is 0 Å². The number of pyridine rings is 1. The van der Waals surface area contributed by atoms with Gasteiger partial charge >= 0.3 is 0 Å². The van der Waals surface area contributed by atoms with Crippen LogP contribution in [0.3, 0.4) is 0 Å². The maximum atomic E-state index is 12.2. The summed E-state index contributed by atoms with van der Waals surface area (Å²) in [5.41, 5.74) is 3.27. The Bertz CT molecular complexity index is 677. The number of amides is 1. The van der Waals surface area contributed by atoms with Crippen LogP contribution in [0.4, 0.5) is 11.5 Å². The van der Waals surface area contributed by atoms with Crippen molar-refractivity contribution in [2.24, 2.45) is 0 Å². The summed E-state index contributed by atoms with van der Waals surface area (Å²) in [6.07, 6.45) is 1.50. The molecule has 5 heteroatoms. The summed E-state index contributed by atoms with van der Waals surface area (Å²) >= 11 is 0. The Hall–Kier alpha value is -2.69. The van der Waals surface area contributed by atoms with E-state index >= 15 is 0 Å². The average Bonchev–Trinajstić information content (AvgIpc) is 2.48. The monoisotopic (exact) mass is 282 g/mol. The number of aromatic nitrogens is 1. The third kappa shape index (κ3) is 3.45. The Balaban J connectivity index is 2.25. The maximum Gasteiger partial charge on any atom is 0.257 e. The van der Waals surface area contributed by atoms with Crippen molar-refractivity contribution >= 4 is 23.1 Å². The molecule has 0 atom stereocenters. The minimum absolute atomic E-state index is 0.239. The van der Waals surface area contributed by atoms with Crippen LogP contribution in [0.15, 0.2) is 36.5 Å². The Morgan fingerprint density at radius 2 is 1.90 bits per heavy atom. The Morgan fingerprint density at radius 3 is 2.48 bits per heavy atom. The second-order valence-corrected chi connectivity index (χ2v) is 4.82. The van der Waals surface area contributed by atoms with Crippen molar-refractivity contribution in [2.75, 3.05) is 17.7 Å². The fraction of sp³-hybridized carbons (Fsp3) is 0.188. The molecule has 1 heterocycles. The van der Waals surface area contributed by atoms with Gasteiger partial charge < -0.3 is 16.0 Å². The van der Waals surface area contributed by atoms with Gasteiger partial charge in [-0.1, -0.05) is 17.7 Å². The van der Waals surface area contributed by atoms with Crippen LogP contribution < -0.4 is 10.6 Å². The second kappa shape index (κ2) is 6.17. The molecule has 108 valence electrons. The van der Waals surface area contributed by atoms with Crippen molar-refractivity contribution in [3.8, 4) is 0 Å². The number of nitrogens with zero attached hydrogens (tertiary/aromatic N) is 1. The van der Waals surface area contributed by atoms with E-state index in [1.54, 1.807) is 20.0 Å². The SMILES string of the molecule is CNc1ncc(C(=O)Nc2ccc(C)cc2)cc1C(C)=N. The van der Waals surface area contributed by atoms with E-state index in [-0.39, 0.29) is 5.91 Å². The molecule has 0 fully saturated rings. The minimum atomic E-state index is -0.239. The largest absolute Gasteiger partial charge is 0.373 e. The first-order valence-corrected chi connectivity index (χ1v) is 6.62. The number of nitrogens with one attached hydrogen (secondary N) is 3. The van der Waals surface area contributed by atoms with Gasteiger partial charge in [0, 0.05) is 30.2 Å². The smallest absolute Gasteiger partial charge is 0.257 e. The predicted molar refractivity (Wildman–Crippen MR) is 85.4 cm³/mol. The van der Waals surface area contributed by atoms with Gasteiger partial charge in [0.05, 0.1) is 5.56 Å². The molecule has 0 aliphatic carbocycles. The number of carbonyl (C=O) groups is 1. The van der Waals surface area contributed by atoms with Gasteiger partial charge in [-0.3, -0.25) is 4.79 Å². The van der Waals surface area contributed by atoms with Crippen LogP contribution in [-0.4, -0.2) is 23.7 Å². The zero-order chi connectivity index (χ0) is 15.4. The van der Waals surface area contributed by atoms with Gasteiger partial charge in [0.15, 0.2) is 0 Å². The standard InChI is InChI=1S/C16H18N4O/c1-10-4-6-13(7-5-10)20-16(21)12-8-14(11(2)17)15(18-3)19-9-12/h4-9,17H,1-3H3,(H,18,19)(H,20,21). The Morgan fingerprint density at radius 1 is 1.24 bits per heavy atom. The van der Waals surface area contributed by atoms with E-state index < -0.39 is 0 Å². The lowest BCUT2D eigenvalue weighted by molar-refractivity contribution is 0.102. The number of benzene rings is 1. The third-order valence-corrected chi connectivity index (χ3v) is 3.10. The number of carbonyl (C=O) groups excluding carboxylic acids is 1. The predicted octanol–water partition coefficient (Wildman–Crippen LogP) is 3.07. The fourth-order valence-electron chi connectivity index (χ4n) is 1.91. The molecular weight excluding hydrogens is 264 g/mol. The lowest BCUT2D eigenvalue weighted by Gasteiger charge is -2.10. The molecule has 0 saturated carbocycles. The van der Waals surface area contributed by atoms with Crippen LogP contribution in [0, 0.1) is 12.3 Å². The molecule has 0 unspecified atom stereocenters. The lowest BCUT2D eigenvalue weighted by atomic mass is 10.1. The van der Waals surface area contributed by atoms with E-state index in [0.29, 0.717) is 22.7 Å². The van der Waals surface area contributed by atoms with Crippen molar-refractivity contribution in [3.63, 3.8) is 0 Å². The molecule has 2 rings (SSSR count). The molecule has 0 radical (unpaired) electrons. The molecule has 3 N–H and O–H groups in total. The first kappa shape index (κ1) is 14.7. The van der Waals surface area contributed by atoms with E-state index in [0.717, 1.165) is 11.3 Å². The minimum Gasteiger partial charge on any atom is -0.373 e. The number of anilines is 2. The molecule has 0 aliphatic rings. The summed E-state index contributed by atoms with van der Waals surface area (Å²) in [5.74, 6) is 0.353. The summed E-state index contributed by atoms with van der Waals surface area (Å²) in [7, 11) is 1.74. The summed E-state index contributed by atoms with van der Waals surface area (Å²) < 4.78 is 0. The zero-order valence-electron chi connectivity index (χ0n) is 12.3. The van der Waals surface area contributed by atoms with E-state index in [1.807, 2.05) is 31.2 Å². The van der Waals surface area contributed by atoms with Crippen LogP contribution in [0.5, 0.6) is 0 Å². The summed E-state index contributed by atoms with van der Waals surface area (Å²) in [4.78, 5) is 16.4. The van der Waals surface area contributed by atoms with Crippen molar-refractivity contribution < 1.29 is 4.79 Å². The van der Waals surface area contributed by atoms with Gasteiger partial charge in [-0.25, -0.2) is 4.98 Å². The summed E-state index contributed by atoms with van der Waals surface area (Å²) in [6.45, 7) is 3.66. The number of rotatable bonds is 4. The van der Waals surface area contributed by atoms with Crippen molar-refractivity contribution in [2.45, 2.75) is 13.8 Å². The lowest BCUT2D eigenvalue weighted by Crippen LogP contribution is -2.14. The van der Waals surface area contributed by atoms with Gasteiger partial charge in [0.2, 0.25) is 0 Å². The summed E-state index contributed by atoms with van der Waals surface area (Å²) in [5, 5.41) is 13.5.